The summed E-state index contributed by atoms with van der Waals surface area (Å²) in [5, 5.41) is 4.96. The number of likely N-dealkylation sites (tertiary alicyclic amines) is 1. The topological polar surface area (TPSA) is 9.72 Å². The third-order valence-electron chi connectivity index (χ3n) is 4.82. The van der Waals surface area contributed by atoms with Crippen LogP contribution in [0.15, 0.2) is 24.0 Å². The molecule has 0 bridgehead atoms. The van der Waals surface area contributed by atoms with Crippen LogP contribution in [0.5, 0.6) is 0 Å². The number of allylic oxidation sites excluding steroid dienone is 1. The second-order valence-corrected chi connectivity index (χ2v) is 6.34. The standard InChI is InChI=1S/C17H29N3/c1-2-6-12-18(11-5-1)17-9-15-20(16-10-17)19-13-7-3-4-8-14-19/h9-10,15H,1-8,11-14,16H2. The lowest BCUT2D eigenvalue weighted by Gasteiger charge is -2.36. The number of rotatable bonds is 2. The van der Waals surface area contributed by atoms with E-state index in [0.29, 0.717) is 0 Å². The number of nitrogens with zero attached hydrogens (tertiary/aromatic N) is 3. The summed E-state index contributed by atoms with van der Waals surface area (Å²) in [7, 11) is 0. The fourth-order valence-corrected chi connectivity index (χ4v) is 3.56. The fourth-order valence-electron chi connectivity index (χ4n) is 3.56. The SMILES string of the molecule is C1=CN(N2CCCCCC2)CC=C1N1CCCCCC1. The summed E-state index contributed by atoms with van der Waals surface area (Å²) in [5.74, 6) is 0. The lowest BCUT2D eigenvalue weighted by atomic mass is 10.2. The van der Waals surface area contributed by atoms with Crippen molar-refractivity contribution in [1.82, 2.24) is 14.9 Å². The van der Waals surface area contributed by atoms with Crippen LogP contribution < -0.4 is 0 Å². The zero-order chi connectivity index (χ0) is 13.6. The molecule has 2 saturated heterocycles. The molecule has 0 spiro atoms. The van der Waals surface area contributed by atoms with Crippen LogP contribution in [0, 0.1) is 0 Å². The third kappa shape index (κ3) is 3.57. The molecule has 20 heavy (non-hydrogen) atoms. The molecule has 0 atom stereocenters. The van der Waals surface area contributed by atoms with Crippen molar-refractivity contribution in [3.63, 3.8) is 0 Å². The molecule has 0 aromatic carbocycles. The minimum atomic E-state index is 1.06. The summed E-state index contributed by atoms with van der Waals surface area (Å²) < 4.78 is 0. The highest BCUT2D eigenvalue weighted by Crippen LogP contribution is 2.20. The monoisotopic (exact) mass is 275 g/mol. The summed E-state index contributed by atoms with van der Waals surface area (Å²) in [6.07, 6.45) is 18.1. The average Bonchev–Trinajstić information content (AvgIpc) is 2.92. The first kappa shape index (κ1) is 14.0. The zero-order valence-corrected chi connectivity index (χ0v) is 12.8. The molecule has 3 heteroatoms. The molecule has 0 saturated carbocycles. The first-order valence-corrected chi connectivity index (χ1v) is 8.58. The molecule has 0 N–H and O–H groups in total. The average molecular weight is 275 g/mol. The minimum absolute atomic E-state index is 1.06. The molecular formula is C17H29N3. The van der Waals surface area contributed by atoms with Crippen LogP contribution in [0.2, 0.25) is 0 Å². The number of hydrazine groups is 1. The summed E-state index contributed by atoms with van der Waals surface area (Å²) in [6.45, 7) is 6.02. The van der Waals surface area contributed by atoms with Crippen molar-refractivity contribution in [2.24, 2.45) is 0 Å². The Morgan fingerprint density at radius 3 is 1.85 bits per heavy atom. The van der Waals surface area contributed by atoms with Crippen molar-refractivity contribution in [2.75, 3.05) is 32.7 Å². The highest BCUT2D eigenvalue weighted by Gasteiger charge is 2.18. The van der Waals surface area contributed by atoms with Gasteiger partial charge in [-0.15, -0.1) is 0 Å². The molecule has 3 aliphatic rings. The molecule has 3 nitrogen and oxygen atoms in total. The normalized spacial score (nSPS) is 26.1. The van der Waals surface area contributed by atoms with Crippen LogP contribution in [0.4, 0.5) is 0 Å². The van der Waals surface area contributed by atoms with Crippen molar-refractivity contribution in [3.05, 3.63) is 24.0 Å². The van der Waals surface area contributed by atoms with Gasteiger partial charge in [0.1, 0.15) is 0 Å². The lowest BCUT2D eigenvalue weighted by Crippen LogP contribution is -2.41. The first-order chi connectivity index (χ1) is 9.93. The molecule has 3 heterocycles. The molecule has 3 rings (SSSR count). The molecule has 0 aromatic heterocycles. The quantitative estimate of drug-likeness (QED) is 0.765. The maximum absolute atomic E-state index is 2.59. The van der Waals surface area contributed by atoms with Crippen LogP contribution in [-0.2, 0) is 0 Å². The van der Waals surface area contributed by atoms with E-state index in [0.717, 1.165) is 6.54 Å². The Balaban J connectivity index is 1.55. The van der Waals surface area contributed by atoms with Crippen LogP contribution in [0.1, 0.15) is 51.4 Å². The van der Waals surface area contributed by atoms with Crippen molar-refractivity contribution >= 4 is 0 Å². The van der Waals surface area contributed by atoms with Gasteiger partial charge in [0.25, 0.3) is 0 Å². The molecule has 0 aliphatic carbocycles. The van der Waals surface area contributed by atoms with Crippen molar-refractivity contribution in [1.29, 1.82) is 0 Å². The summed E-state index contributed by atoms with van der Waals surface area (Å²) in [6, 6.07) is 0. The Hall–Kier alpha value is -0.960. The molecule has 0 unspecified atom stereocenters. The fraction of sp³-hybridized carbons (Fsp3) is 0.765. The van der Waals surface area contributed by atoms with Gasteiger partial charge >= 0.3 is 0 Å². The van der Waals surface area contributed by atoms with Crippen molar-refractivity contribution in [3.8, 4) is 0 Å². The largest absolute Gasteiger partial charge is 0.372 e. The van der Waals surface area contributed by atoms with E-state index in [1.165, 1.54) is 83.2 Å². The van der Waals surface area contributed by atoms with E-state index in [1.807, 2.05) is 0 Å². The molecular weight excluding hydrogens is 246 g/mol. The van der Waals surface area contributed by atoms with E-state index in [-0.39, 0.29) is 0 Å². The number of hydrogen-bond donors (Lipinski definition) is 0. The van der Waals surface area contributed by atoms with E-state index in [1.54, 1.807) is 0 Å². The Kier molecular flexibility index (Phi) is 5.01. The molecule has 112 valence electrons. The summed E-state index contributed by atoms with van der Waals surface area (Å²) in [4.78, 5) is 2.59. The van der Waals surface area contributed by atoms with Crippen LogP contribution in [0.25, 0.3) is 0 Å². The highest BCUT2D eigenvalue weighted by molar-refractivity contribution is 5.21. The first-order valence-electron chi connectivity index (χ1n) is 8.58. The Morgan fingerprint density at radius 2 is 1.30 bits per heavy atom. The van der Waals surface area contributed by atoms with Gasteiger partial charge in [0.2, 0.25) is 0 Å². The predicted octanol–water partition coefficient (Wildman–Crippen LogP) is 3.37. The Bertz CT molecular complexity index is 345. The van der Waals surface area contributed by atoms with E-state index < -0.39 is 0 Å². The Morgan fingerprint density at radius 1 is 0.700 bits per heavy atom. The van der Waals surface area contributed by atoms with Crippen molar-refractivity contribution in [2.45, 2.75) is 51.4 Å². The zero-order valence-electron chi connectivity index (χ0n) is 12.8. The van der Waals surface area contributed by atoms with Gasteiger partial charge in [-0.1, -0.05) is 25.7 Å². The molecule has 0 aromatic rings. The Labute approximate surface area is 123 Å². The second-order valence-electron chi connectivity index (χ2n) is 6.34. The van der Waals surface area contributed by atoms with E-state index >= 15 is 0 Å². The predicted molar refractivity (Wildman–Crippen MR) is 84.0 cm³/mol. The van der Waals surface area contributed by atoms with Gasteiger partial charge in [-0.25, -0.2) is 5.01 Å². The van der Waals surface area contributed by atoms with Crippen LogP contribution in [-0.4, -0.2) is 47.6 Å². The van der Waals surface area contributed by atoms with Gasteiger partial charge < -0.3 is 9.91 Å². The van der Waals surface area contributed by atoms with Gasteiger partial charge in [-0.3, -0.25) is 0 Å². The van der Waals surface area contributed by atoms with Crippen molar-refractivity contribution < 1.29 is 0 Å². The molecule has 3 aliphatic heterocycles. The summed E-state index contributed by atoms with van der Waals surface area (Å²) in [5.41, 5.74) is 1.46. The van der Waals surface area contributed by atoms with Crippen LogP contribution in [0.3, 0.4) is 0 Å². The van der Waals surface area contributed by atoms with E-state index in [2.05, 4.69) is 33.3 Å². The maximum atomic E-state index is 2.59. The van der Waals surface area contributed by atoms with Gasteiger partial charge in [0, 0.05) is 38.1 Å². The van der Waals surface area contributed by atoms with E-state index in [4.69, 9.17) is 0 Å². The smallest absolute Gasteiger partial charge is 0.0543 e. The van der Waals surface area contributed by atoms with Gasteiger partial charge in [0.15, 0.2) is 0 Å². The highest BCUT2D eigenvalue weighted by atomic mass is 15.6. The molecule has 0 radical (unpaired) electrons. The minimum Gasteiger partial charge on any atom is -0.372 e. The van der Waals surface area contributed by atoms with E-state index in [9.17, 15) is 0 Å². The van der Waals surface area contributed by atoms with Gasteiger partial charge in [-0.05, 0) is 37.8 Å². The van der Waals surface area contributed by atoms with Gasteiger partial charge in [-0.2, -0.15) is 0 Å². The maximum Gasteiger partial charge on any atom is 0.0543 e. The second kappa shape index (κ2) is 7.16. The lowest BCUT2D eigenvalue weighted by molar-refractivity contribution is 0.0339. The third-order valence-corrected chi connectivity index (χ3v) is 4.82. The molecule has 2 fully saturated rings. The summed E-state index contributed by atoms with van der Waals surface area (Å²) >= 11 is 0. The number of hydrogen-bond acceptors (Lipinski definition) is 3. The van der Waals surface area contributed by atoms with Crippen LogP contribution >= 0.6 is 0 Å². The molecule has 0 amide bonds. The van der Waals surface area contributed by atoms with Gasteiger partial charge in [0.05, 0.1) is 6.54 Å².